The van der Waals surface area contributed by atoms with Gasteiger partial charge in [0.05, 0.1) is 0 Å². The molecule has 1 amide bonds. The fourth-order valence-corrected chi connectivity index (χ4v) is 1.78. The number of H-pyrrole nitrogens is 1. The third-order valence-corrected chi connectivity index (χ3v) is 2.95. The number of carbonyl (C=O) groups is 1. The van der Waals surface area contributed by atoms with Crippen LogP contribution in [0.1, 0.15) is 41.0 Å². The second kappa shape index (κ2) is 4.79. The number of aromatic amines is 1. The molecule has 1 fully saturated rings. The summed E-state index contributed by atoms with van der Waals surface area (Å²) in [4.78, 5) is 20.1. The molecule has 8 nitrogen and oxygen atoms in total. The first-order valence-electron chi connectivity index (χ1n) is 6.27. The summed E-state index contributed by atoms with van der Waals surface area (Å²) >= 11 is 0. The van der Waals surface area contributed by atoms with Crippen LogP contribution >= 0.6 is 0 Å². The molecule has 0 saturated heterocycles. The molecule has 2 aromatic heterocycles. The summed E-state index contributed by atoms with van der Waals surface area (Å²) in [6.07, 6.45) is 4.48. The van der Waals surface area contributed by atoms with Crippen molar-refractivity contribution in [3.63, 3.8) is 0 Å². The van der Waals surface area contributed by atoms with Crippen molar-refractivity contribution in [3.8, 4) is 0 Å². The molecule has 1 aliphatic carbocycles. The van der Waals surface area contributed by atoms with Gasteiger partial charge in [-0.3, -0.25) is 14.6 Å². The minimum Gasteiger partial charge on any atom is -0.349 e. The van der Waals surface area contributed by atoms with Crippen molar-refractivity contribution in [2.75, 3.05) is 6.54 Å². The van der Waals surface area contributed by atoms with Gasteiger partial charge >= 0.3 is 0 Å². The Morgan fingerprint density at radius 1 is 1.58 bits per heavy atom. The molecule has 0 radical (unpaired) electrons. The second-order valence-electron chi connectivity index (χ2n) is 4.66. The van der Waals surface area contributed by atoms with E-state index in [4.69, 9.17) is 0 Å². The number of amides is 1. The first-order chi connectivity index (χ1) is 9.22. The summed E-state index contributed by atoms with van der Waals surface area (Å²) in [6, 6.07) is 0. The highest BCUT2D eigenvalue weighted by Crippen LogP contribution is 2.37. The van der Waals surface area contributed by atoms with Gasteiger partial charge in [-0.2, -0.15) is 5.10 Å². The first-order valence-corrected chi connectivity index (χ1v) is 6.27. The Hall–Kier alpha value is -2.25. The van der Waals surface area contributed by atoms with Crippen molar-refractivity contribution < 1.29 is 4.79 Å². The SMILES string of the molecule is Cn1cnc(CCNC(=O)c2n[nH]c(C3CC3)n2)n1. The van der Waals surface area contributed by atoms with Crippen molar-refractivity contribution in [1.82, 2.24) is 35.3 Å². The Morgan fingerprint density at radius 2 is 2.42 bits per heavy atom. The van der Waals surface area contributed by atoms with Crippen LogP contribution in [0.5, 0.6) is 0 Å². The number of aromatic nitrogens is 6. The maximum atomic E-state index is 11.8. The number of nitrogens with zero attached hydrogens (tertiary/aromatic N) is 5. The number of rotatable bonds is 5. The summed E-state index contributed by atoms with van der Waals surface area (Å²) in [5, 5.41) is 13.6. The molecule has 1 aliphatic rings. The Bertz CT molecular complexity index is 583. The second-order valence-corrected chi connectivity index (χ2v) is 4.66. The fourth-order valence-electron chi connectivity index (χ4n) is 1.78. The van der Waals surface area contributed by atoms with E-state index < -0.39 is 0 Å². The van der Waals surface area contributed by atoms with Crippen LogP contribution in [0.4, 0.5) is 0 Å². The molecule has 2 aromatic rings. The zero-order valence-corrected chi connectivity index (χ0v) is 10.6. The lowest BCUT2D eigenvalue weighted by molar-refractivity contribution is 0.0944. The lowest BCUT2D eigenvalue weighted by Gasteiger charge is -1.99. The molecule has 3 rings (SSSR count). The van der Waals surface area contributed by atoms with Crippen molar-refractivity contribution >= 4 is 5.91 Å². The van der Waals surface area contributed by atoms with Crippen LogP contribution in [-0.2, 0) is 13.5 Å². The van der Waals surface area contributed by atoms with Gasteiger partial charge in [-0.1, -0.05) is 0 Å². The lowest BCUT2D eigenvalue weighted by Crippen LogP contribution is -2.27. The predicted octanol–water partition coefficient (Wildman–Crippen LogP) is -0.217. The Labute approximate surface area is 109 Å². The summed E-state index contributed by atoms with van der Waals surface area (Å²) in [7, 11) is 1.81. The third kappa shape index (κ3) is 2.78. The highest BCUT2D eigenvalue weighted by atomic mass is 16.2. The van der Waals surface area contributed by atoms with Crippen molar-refractivity contribution in [2.24, 2.45) is 7.05 Å². The average molecular weight is 261 g/mol. The van der Waals surface area contributed by atoms with Gasteiger partial charge in [-0.25, -0.2) is 9.97 Å². The Kier molecular flexibility index (Phi) is 2.98. The highest BCUT2D eigenvalue weighted by molar-refractivity contribution is 5.90. The quantitative estimate of drug-likeness (QED) is 0.775. The molecule has 0 unspecified atom stereocenters. The van der Waals surface area contributed by atoms with Crippen molar-refractivity contribution in [3.05, 3.63) is 23.8 Å². The minimum absolute atomic E-state index is 0.205. The molecule has 0 atom stereocenters. The van der Waals surface area contributed by atoms with Crippen LogP contribution in [0.25, 0.3) is 0 Å². The van der Waals surface area contributed by atoms with Gasteiger partial charge in [0.25, 0.3) is 5.91 Å². The van der Waals surface area contributed by atoms with E-state index in [1.54, 1.807) is 11.0 Å². The molecule has 0 aliphatic heterocycles. The fraction of sp³-hybridized carbons (Fsp3) is 0.545. The van der Waals surface area contributed by atoms with Gasteiger partial charge in [-0.15, -0.1) is 5.10 Å². The molecular formula is C11H15N7O. The van der Waals surface area contributed by atoms with E-state index in [1.165, 1.54) is 0 Å². The molecular weight excluding hydrogens is 246 g/mol. The molecule has 8 heteroatoms. The Balaban J connectivity index is 1.50. The van der Waals surface area contributed by atoms with Crippen molar-refractivity contribution in [1.29, 1.82) is 0 Å². The van der Waals surface area contributed by atoms with Crippen LogP contribution in [0, 0.1) is 0 Å². The third-order valence-electron chi connectivity index (χ3n) is 2.95. The van der Waals surface area contributed by atoms with E-state index in [-0.39, 0.29) is 11.7 Å². The number of aryl methyl sites for hydroxylation is 1. The van der Waals surface area contributed by atoms with E-state index in [2.05, 4.69) is 30.6 Å². The van der Waals surface area contributed by atoms with Crippen LogP contribution < -0.4 is 5.32 Å². The van der Waals surface area contributed by atoms with Crippen molar-refractivity contribution in [2.45, 2.75) is 25.2 Å². The smallest absolute Gasteiger partial charge is 0.290 e. The molecule has 0 aromatic carbocycles. The molecule has 0 spiro atoms. The van der Waals surface area contributed by atoms with E-state index in [0.29, 0.717) is 24.7 Å². The number of hydrogen-bond donors (Lipinski definition) is 2. The van der Waals surface area contributed by atoms with Gasteiger partial charge in [0, 0.05) is 25.9 Å². The van der Waals surface area contributed by atoms with E-state index in [1.807, 2.05) is 7.05 Å². The summed E-state index contributed by atoms with van der Waals surface area (Å²) in [5.41, 5.74) is 0. The van der Waals surface area contributed by atoms with E-state index in [9.17, 15) is 4.79 Å². The van der Waals surface area contributed by atoms with Crippen LogP contribution in [0.2, 0.25) is 0 Å². The molecule has 0 bridgehead atoms. The van der Waals surface area contributed by atoms with E-state index in [0.717, 1.165) is 18.7 Å². The minimum atomic E-state index is -0.265. The van der Waals surface area contributed by atoms with Gasteiger partial charge in [0.2, 0.25) is 5.82 Å². The topological polar surface area (TPSA) is 101 Å². The van der Waals surface area contributed by atoms with E-state index >= 15 is 0 Å². The van der Waals surface area contributed by atoms with Crippen LogP contribution in [0.3, 0.4) is 0 Å². The number of hydrogen-bond acceptors (Lipinski definition) is 5. The predicted molar refractivity (Wildman–Crippen MR) is 65.4 cm³/mol. The van der Waals surface area contributed by atoms with Gasteiger partial charge in [0.1, 0.15) is 12.2 Å². The lowest BCUT2D eigenvalue weighted by atomic mass is 10.4. The summed E-state index contributed by atoms with van der Waals surface area (Å²) < 4.78 is 1.63. The Morgan fingerprint density at radius 3 is 3.11 bits per heavy atom. The maximum Gasteiger partial charge on any atom is 0.290 e. The standard InChI is InChI=1S/C11H15N7O/c1-18-6-13-8(17-18)4-5-12-11(19)10-14-9(15-16-10)7-2-3-7/h6-7H,2-5H2,1H3,(H,12,19)(H,14,15,16). The highest BCUT2D eigenvalue weighted by Gasteiger charge is 2.28. The molecule has 100 valence electrons. The normalized spacial score (nSPS) is 14.6. The summed E-state index contributed by atoms with van der Waals surface area (Å²) in [5.74, 6) is 1.93. The molecule has 19 heavy (non-hydrogen) atoms. The number of nitrogens with one attached hydrogen (secondary N) is 2. The monoisotopic (exact) mass is 261 g/mol. The van der Waals surface area contributed by atoms with Gasteiger partial charge in [-0.05, 0) is 12.8 Å². The first kappa shape index (κ1) is 11.8. The largest absolute Gasteiger partial charge is 0.349 e. The number of carbonyl (C=O) groups excluding carboxylic acids is 1. The molecule has 2 heterocycles. The van der Waals surface area contributed by atoms with Crippen LogP contribution in [-0.4, -0.2) is 42.4 Å². The average Bonchev–Trinajstić information content (AvgIpc) is 2.97. The molecule has 2 N–H and O–H groups in total. The van der Waals surface area contributed by atoms with Gasteiger partial charge in [0.15, 0.2) is 5.82 Å². The van der Waals surface area contributed by atoms with Gasteiger partial charge < -0.3 is 5.32 Å². The zero-order valence-electron chi connectivity index (χ0n) is 10.6. The summed E-state index contributed by atoms with van der Waals surface area (Å²) in [6.45, 7) is 0.468. The molecule has 1 saturated carbocycles. The maximum absolute atomic E-state index is 11.8. The van der Waals surface area contributed by atoms with Crippen LogP contribution in [0.15, 0.2) is 6.33 Å². The zero-order chi connectivity index (χ0) is 13.2.